The number of aliphatic hydroxyl groups excluding tert-OH is 2. The van der Waals surface area contributed by atoms with Crippen molar-refractivity contribution in [3.05, 3.63) is 0 Å². The van der Waals surface area contributed by atoms with Gasteiger partial charge in [0, 0.05) is 41.0 Å². The quantitative estimate of drug-likeness (QED) is 0.741. The molecule has 3 heteroatoms. The Hall–Kier alpha value is -0.480. The second kappa shape index (κ2) is 6.18. The van der Waals surface area contributed by atoms with Crippen LogP contribution in [0.4, 0.5) is 0 Å². The largest absolute Gasteiger partial charge is 0.396 e. The van der Waals surface area contributed by atoms with Crippen LogP contribution in [-0.4, -0.2) is 23.4 Å². The molecule has 0 aromatic heterocycles. The predicted molar refractivity (Wildman–Crippen MR) is 62.9 cm³/mol. The van der Waals surface area contributed by atoms with Gasteiger partial charge in [-0.05, 0) is 29.5 Å². The fourth-order valence-corrected chi connectivity index (χ4v) is 1.64. The molecule has 0 saturated heterocycles. The number of aliphatic hydroxyl groups is 2. The Morgan fingerprint density at radius 3 is 1.93 bits per heavy atom. The van der Waals surface area contributed by atoms with Crippen LogP contribution in [0.3, 0.4) is 0 Å². The van der Waals surface area contributed by atoms with E-state index >= 15 is 0 Å². The van der Waals surface area contributed by atoms with Gasteiger partial charge in [-0.15, -0.1) is 12.3 Å². The second-order valence-electron chi connectivity index (χ2n) is 3.98. The molecule has 0 bridgehead atoms. The van der Waals surface area contributed by atoms with E-state index in [4.69, 9.17) is 16.6 Å². The molecule has 2 N–H and O–H groups in total. The zero-order valence-electron chi connectivity index (χ0n) is 8.49. The van der Waals surface area contributed by atoms with Crippen molar-refractivity contribution in [2.24, 2.45) is 23.7 Å². The normalized spacial score (nSPS) is 35.1. The highest BCUT2D eigenvalue weighted by Crippen LogP contribution is 2.37. The zero-order chi connectivity index (χ0) is 11.3. The molecule has 2 aliphatic rings. The average molecular weight is 271 g/mol. The summed E-state index contributed by atoms with van der Waals surface area (Å²) in [4.78, 5) is 2.65. The monoisotopic (exact) mass is 270 g/mol. The van der Waals surface area contributed by atoms with Crippen molar-refractivity contribution < 1.29 is 10.2 Å². The number of terminal acetylenes is 1. The van der Waals surface area contributed by atoms with Crippen molar-refractivity contribution in [3.8, 4) is 23.1 Å². The molecule has 2 rings (SSSR count). The fraction of sp³-hybridized carbons (Fsp3) is 0.667. The third kappa shape index (κ3) is 4.26. The van der Waals surface area contributed by atoms with Crippen LogP contribution in [0, 0.1) is 46.8 Å². The minimum Gasteiger partial charge on any atom is -0.396 e. The summed E-state index contributed by atoms with van der Waals surface area (Å²) >= 11 is 3.00. The van der Waals surface area contributed by atoms with E-state index in [0.29, 0.717) is 30.3 Å². The van der Waals surface area contributed by atoms with E-state index in [-0.39, 0.29) is 6.61 Å². The third-order valence-corrected chi connectivity index (χ3v) is 3.00. The van der Waals surface area contributed by atoms with Crippen molar-refractivity contribution in [2.75, 3.05) is 13.2 Å². The van der Waals surface area contributed by atoms with Gasteiger partial charge in [-0.2, -0.15) is 0 Å². The molecule has 2 fully saturated rings. The van der Waals surface area contributed by atoms with Crippen molar-refractivity contribution >= 4 is 15.9 Å². The summed E-state index contributed by atoms with van der Waals surface area (Å²) in [6.45, 7) is 0.571. The highest BCUT2D eigenvalue weighted by atomic mass is 79.9. The molecule has 0 spiro atoms. The van der Waals surface area contributed by atoms with Gasteiger partial charge in [-0.25, -0.2) is 0 Å². The smallest absolute Gasteiger partial charge is 0.0471 e. The van der Waals surface area contributed by atoms with Gasteiger partial charge < -0.3 is 10.2 Å². The van der Waals surface area contributed by atoms with Crippen molar-refractivity contribution in [1.82, 2.24) is 0 Å². The topological polar surface area (TPSA) is 40.5 Å². The molecule has 0 aliphatic heterocycles. The van der Waals surface area contributed by atoms with Crippen LogP contribution in [0.2, 0.25) is 0 Å². The van der Waals surface area contributed by atoms with E-state index in [0.717, 1.165) is 12.8 Å². The van der Waals surface area contributed by atoms with Crippen LogP contribution in [-0.2, 0) is 0 Å². The molecule has 82 valence electrons. The van der Waals surface area contributed by atoms with E-state index in [9.17, 15) is 0 Å². The van der Waals surface area contributed by atoms with Crippen LogP contribution >= 0.6 is 15.9 Å². The molecular weight excluding hydrogens is 256 g/mol. The predicted octanol–water partition coefficient (Wildman–Crippen LogP) is 1.22. The molecule has 0 aromatic rings. The molecule has 0 heterocycles. The lowest BCUT2D eigenvalue weighted by Gasteiger charge is -1.79. The number of hydrogen-bond donors (Lipinski definition) is 2. The van der Waals surface area contributed by atoms with Gasteiger partial charge in [0.25, 0.3) is 0 Å². The fourth-order valence-electron chi connectivity index (χ4n) is 1.35. The Labute approximate surface area is 99.2 Å². The number of halogens is 1. The first-order valence-corrected chi connectivity index (χ1v) is 5.85. The Morgan fingerprint density at radius 1 is 1.13 bits per heavy atom. The highest BCUT2D eigenvalue weighted by molar-refractivity contribution is 9.12. The van der Waals surface area contributed by atoms with E-state index in [2.05, 4.69) is 32.6 Å². The van der Waals surface area contributed by atoms with Gasteiger partial charge >= 0.3 is 0 Å². The Balaban J connectivity index is 0.000000151. The van der Waals surface area contributed by atoms with Gasteiger partial charge in [0.1, 0.15) is 0 Å². The van der Waals surface area contributed by atoms with Gasteiger partial charge in [0.2, 0.25) is 0 Å². The van der Waals surface area contributed by atoms with Crippen molar-refractivity contribution in [1.29, 1.82) is 0 Å². The van der Waals surface area contributed by atoms with Gasteiger partial charge in [0.05, 0.1) is 0 Å². The Bertz CT molecular complexity index is 297. The molecule has 2 aliphatic carbocycles. The lowest BCUT2D eigenvalue weighted by Crippen LogP contribution is -1.84. The molecule has 0 radical (unpaired) electrons. The minimum absolute atomic E-state index is 0.273. The maximum absolute atomic E-state index is 8.52. The molecule has 4 atom stereocenters. The van der Waals surface area contributed by atoms with Crippen molar-refractivity contribution in [3.63, 3.8) is 0 Å². The maximum atomic E-state index is 8.52. The first kappa shape index (κ1) is 12.6. The van der Waals surface area contributed by atoms with Crippen LogP contribution in [0.5, 0.6) is 0 Å². The standard InChI is InChI=1S/C6H7BrO.C6H8O/c7-2-1-5-3-6(5)4-8;1-2-5-3-6(5)4-7/h5-6,8H,3-4H2;1,5-7H,3-4H2/t2*5-,6+/m11/s1. The maximum Gasteiger partial charge on any atom is 0.0471 e. The van der Waals surface area contributed by atoms with E-state index in [1.807, 2.05) is 0 Å². The van der Waals surface area contributed by atoms with Crippen LogP contribution < -0.4 is 0 Å². The molecule has 2 saturated carbocycles. The summed E-state index contributed by atoms with van der Waals surface area (Å²) in [7, 11) is 0. The number of hydrogen-bond acceptors (Lipinski definition) is 2. The van der Waals surface area contributed by atoms with Gasteiger partial charge in [-0.1, -0.05) is 5.92 Å². The third-order valence-electron chi connectivity index (χ3n) is 2.77. The van der Waals surface area contributed by atoms with Gasteiger partial charge in [0.15, 0.2) is 0 Å². The lowest BCUT2D eigenvalue weighted by atomic mass is 10.3. The SMILES string of the molecule is C#C[C@@H]1C[C@H]1CO.OC[C@@H]1C[C@H]1C#CBr. The minimum atomic E-state index is 0.273. The molecular formula is C12H15BrO2. The van der Waals surface area contributed by atoms with E-state index in [1.54, 1.807) is 0 Å². The summed E-state index contributed by atoms with van der Waals surface area (Å²) in [5.74, 6) is 7.28. The lowest BCUT2D eigenvalue weighted by molar-refractivity contribution is 0.273. The Morgan fingerprint density at radius 2 is 1.67 bits per heavy atom. The van der Waals surface area contributed by atoms with Crippen molar-refractivity contribution in [2.45, 2.75) is 12.8 Å². The van der Waals surface area contributed by atoms with Crippen LogP contribution in [0.15, 0.2) is 0 Å². The van der Waals surface area contributed by atoms with E-state index in [1.165, 1.54) is 0 Å². The summed E-state index contributed by atoms with van der Waals surface area (Å²) < 4.78 is 0. The summed E-state index contributed by atoms with van der Waals surface area (Å²) in [5, 5.41) is 16.9. The summed E-state index contributed by atoms with van der Waals surface area (Å²) in [6, 6.07) is 0. The second-order valence-corrected chi connectivity index (χ2v) is 4.37. The summed E-state index contributed by atoms with van der Waals surface area (Å²) in [6.07, 6.45) is 7.15. The molecule has 15 heavy (non-hydrogen) atoms. The molecule has 0 aromatic carbocycles. The average Bonchev–Trinajstić information content (AvgIpc) is 3.14. The van der Waals surface area contributed by atoms with Crippen LogP contribution in [0.1, 0.15) is 12.8 Å². The first-order chi connectivity index (χ1) is 7.26. The Kier molecular flexibility index (Phi) is 5.19. The zero-order valence-corrected chi connectivity index (χ0v) is 10.1. The summed E-state index contributed by atoms with van der Waals surface area (Å²) in [5.41, 5.74) is 0. The highest BCUT2D eigenvalue weighted by Gasteiger charge is 2.34. The molecule has 0 unspecified atom stereocenters. The number of rotatable bonds is 2. The molecule has 2 nitrogen and oxygen atoms in total. The first-order valence-electron chi connectivity index (χ1n) is 5.05. The van der Waals surface area contributed by atoms with E-state index < -0.39 is 0 Å². The van der Waals surface area contributed by atoms with Crippen LogP contribution in [0.25, 0.3) is 0 Å². The van der Waals surface area contributed by atoms with Gasteiger partial charge in [-0.3, -0.25) is 0 Å². The molecule has 0 amide bonds.